The number of carbonyl (C=O) groups is 1. The van der Waals surface area contributed by atoms with E-state index in [9.17, 15) is 9.18 Å². The third-order valence-electron chi connectivity index (χ3n) is 4.99. The summed E-state index contributed by atoms with van der Waals surface area (Å²) in [6.07, 6.45) is 0.635. The average Bonchev–Trinajstić information content (AvgIpc) is 2.86. The molecule has 22 heavy (non-hydrogen) atoms. The number of ketones is 1. The van der Waals surface area contributed by atoms with Crippen LogP contribution in [0.2, 0.25) is 5.02 Å². The minimum Gasteiger partial charge on any atom is -0.370 e. The molecule has 2 heterocycles. The highest BCUT2D eigenvalue weighted by Crippen LogP contribution is 2.53. The maximum atomic E-state index is 13.8. The fraction of sp³-hybridized carbons (Fsp3) is 0.588. The predicted molar refractivity (Wildman–Crippen MR) is 81.3 cm³/mol. The molecule has 2 fully saturated rings. The van der Waals surface area contributed by atoms with Gasteiger partial charge in [0.05, 0.1) is 18.3 Å². The fourth-order valence-corrected chi connectivity index (χ4v) is 3.79. The molecule has 120 valence electrons. The van der Waals surface area contributed by atoms with E-state index in [0.29, 0.717) is 23.4 Å². The van der Waals surface area contributed by atoms with Gasteiger partial charge in [-0.1, -0.05) is 31.5 Å². The Morgan fingerprint density at radius 2 is 2.23 bits per heavy atom. The van der Waals surface area contributed by atoms with E-state index in [0.717, 1.165) is 0 Å². The summed E-state index contributed by atoms with van der Waals surface area (Å²) in [5.74, 6) is -0.141. The van der Waals surface area contributed by atoms with Crippen molar-refractivity contribution in [1.29, 1.82) is 0 Å². The molecule has 0 aromatic heterocycles. The van der Waals surface area contributed by atoms with Crippen molar-refractivity contribution in [3.05, 3.63) is 34.6 Å². The van der Waals surface area contributed by atoms with Gasteiger partial charge in [-0.15, -0.1) is 0 Å². The monoisotopic (exact) mass is 326 g/mol. The Hall–Kier alpha value is -0.970. The number of ether oxygens (including phenoxy) is 2. The SMILES string of the molecule is CC(C)[C@]12C[C@@H](OCc3c(F)cccc3Cl)[C@](C)(CC1=O)O2. The number of hydrogen-bond donors (Lipinski definition) is 0. The first kappa shape index (κ1) is 15.9. The summed E-state index contributed by atoms with van der Waals surface area (Å²) in [5.41, 5.74) is -1.03. The molecule has 0 amide bonds. The number of benzene rings is 1. The first-order valence-electron chi connectivity index (χ1n) is 7.56. The third kappa shape index (κ3) is 2.29. The lowest BCUT2D eigenvalue weighted by atomic mass is 9.74. The molecule has 5 heteroatoms. The average molecular weight is 327 g/mol. The molecule has 3 rings (SSSR count). The molecule has 0 radical (unpaired) electrons. The third-order valence-corrected chi connectivity index (χ3v) is 5.35. The Kier molecular flexibility index (Phi) is 3.83. The van der Waals surface area contributed by atoms with Crippen LogP contribution in [-0.2, 0) is 20.9 Å². The summed E-state index contributed by atoms with van der Waals surface area (Å²) >= 11 is 6.02. The van der Waals surface area contributed by atoms with Crippen LogP contribution in [-0.4, -0.2) is 23.1 Å². The zero-order chi connectivity index (χ0) is 16.1. The lowest BCUT2D eigenvalue weighted by Gasteiger charge is -2.30. The van der Waals surface area contributed by atoms with Crippen LogP contribution in [0.3, 0.4) is 0 Å². The summed E-state index contributed by atoms with van der Waals surface area (Å²) < 4.78 is 25.8. The van der Waals surface area contributed by atoms with Gasteiger partial charge in [0.2, 0.25) is 0 Å². The smallest absolute Gasteiger partial charge is 0.167 e. The van der Waals surface area contributed by atoms with Crippen molar-refractivity contribution < 1.29 is 18.7 Å². The number of fused-ring (bicyclic) bond motifs is 2. The highest BCUT2D eigenvalue weighted by molar-refractivity contribution is 6.31. The van der Waals surface area contributed by atoms with E-state index in [1.165, 1.54) is 6.07 Å². The second-order valence-corrected chi connectivity index (χ2v) is 7.17. The molecule has 0 N–H and O–H groups in total. The number of Topliss-reactive ketones (excluding diaryl/α,β-unsaturated/α-hetero) is 1. The lowest BCUT2D eigenvalue weighted by molar-refractivity contribution is -0.136. The Morgan fingerprint density at radius 3 is 2.82 bits per heavy atom. The summed E-state index contributed by atoms with van der Waals surface area (Å²) in [6.45, 7) is 5.95. The molecular formula is C17H20ClFO3. The summed E-state index contributed by atoms with van der Waals surface area (Å²) in [5, 5.41) is 0.351. The summed E-state index contributed by atoms with van der Waals surface area (Å²) in [4.78, 5) is 12.3. The van der Waals surface area contributed by atoms with E-state index in [2.05, 4.69) is 0 Å². The van der Waals surface area contributed by atoms with Gasteiger partial charge >= 0.3 is 0 Å². The van der Waals surface area contributed by atoms with Crippen LogP contribution < -0.4 is 0 Å². The van der Waals surface area contributed by atoms with Crippen molar-refractivity contribution in [1.82, 2.24) is 0 Å². The van der Waals surface area contributed by atoms with Crippen LogP contribution >= 0.6 is 11.6 Å². The van der Waals surface area contributed by atoms with Gasteiger partial charge in [0.1, 0.15) is 11.4 Å². The number of carbonyl (C=O) groups excluding carboxylic acids is 1. The Balaban J connectivity index is 1.77. The van der Waals surface area contributed by atoms with Crippen molar-refractivity contribution in [3.8, 4) is 0 Å². The van der Waals surface area contributed by atoms with Crippen LogP contribution in [0.5, 0.6) is 0 Å². The Morgan fingerprint density at radius 1 is 1.50 bits per heavy atom. The molecule has 3 atom stereocenters. The van der Waals surface area contributed by atoms with E-state index >= 15 is 0 Å². The minimum absolute atomic E-state index is 0.0808. The normalized spacial score (nSPS) is 33.9. The van der Waals surface area contributed by atoms with Gasteiger partial charge in [-0.3, -0.25) is 4.79 Å². The van der Waals surface area contributed by atoms with Gasteiger partial charge < -0.3 is 9.47 Å². The van der Waals surface area contributed by atoms with Crippen molar-refractivity contribution in [2.24, 2.45) is 5.92 Å². The molecule has 1 aromatic rings. The lowest BCUT2D eigenvalue weighted by Crippen LogP contribution is -2.44. The molecule has 2 aliphatic rings. The Bertz CT molecular complexity index is 598. The number of rotatable bonds is 4. The summed E-state index contributed by atoms with van der Waals surface area (Å²) in [6, 6.07) is 4.57. The molecule has 3 nitrogen and oxygen atoms in total. The Labute approximate surface area is 134 Å². The maximum absolute atomic E-state index is 13.8. The van der Waals surface area contributed by atoms with Crippen molar-refractivity contribution in [2.75, 3.05) is 0 Å². The summed E-state index contributed by atoms with van der Waals surface area (Å²) in [7, 11) is 0. The first-order chi connectivity index (χ1) is 10.3. The number of halogens is 2. The van der Waals surface area contributed by atoms with E-state index in [1.54, 1.807) is 12.1 Å². The molecule has 2 saturated heterocycles. The second kappa shape index (κ2) is 5.29. The van der Waals surface area contributed by atoms with Crippen LogP contribution in [0, 0.1) is 11.7 Å². The first-order valence-corrected chi connectivity index (χ1v) is 7.94. The molecule has 0 saturated carbocycles. The molecule has 2 aliphatic heterocycles. The number of hydrogen-bond acceptors (Lipinski definition) is 3. The maximum Gasteiger partial charge on any atom is 0.167 e. The van der Waals surface area contributed by atoms with Crippen LogP contribution in [0.1, 0.15) is 39.2 Å². The van der Waals surface area contributed by atoms with Gasteiger partial charge in [0.15, 0.2) is 5.78 Å². The van der Waals surface area contributed by atoms with Gasteiger partial charge in [-0.25, -0.2) is 4.39 Å². The highest BCUT2D eigenvalue weighted by atomic mass is 35.5. The molecule has 0 aliphatic carbocycles. The molecule has 1 aromatic carbocycles. The van der Waals surface area contributed by atoms with Crippen molar-refractivity contribution in [2.45, 2.75) is 57.5 Å². The molecule has 0 spiro atoms. The predicted octanol–water partition coefficient (Wildman–Crippen LogP) is 3.91. The van der Waals surface area contributed by atoms with E-state index in [4.69, 9.17) is 21.1 Å². The van der Waals surface area contributed by atoms with Gasteiger partial charge in [-0.05, 0) is 25.0 Å². The van der Waals surface area contributed by atoms with Gasteiger partial charge in [0, 0.05) is 23.4 Å². The zero-order valence-electron chi connectivity index (χ0n) is 13.0. The molecule has 2 bridgehead atoms. The van der Waals surface area contributed by atoms with E-state index in [1.807, 2.05) is 20.8 Å². The van der Waals surface area contributed by atoms with Crippen LogP contribution in [0.4, 0.5) is 4.39 Å². The molecule has 0 unspecified atom stereocenters. The fourth-order valence-electron chi connectivity index (χ4n) is 3.57. The second-order valence-electron chi connectivity index (χ2n) is 6.76. The zero-order valence-corrected chi connectivity index (χ0v) is 13.7. The van der Waals surface area contributed by atoms with E-state index in [-0.39, 0.29) is 30.2 Å². The highest BCUT2D eigenvalue weighted by Gasteiger charge is 2.65. The van der Waals surface area contributed by atoms with Gasteiger partial charge in [0.25, 0.3) is 0 Å². The van der Waals surface area contributed by atoms with Crippen molar-refractivity contribution in [3.63, 3.8) is 0 Å². The quantitative estimate of drug-likeness (QED) is 0.841. The van der Waals surface area contributed by atoms with Crippen LogP contribution in [0.25, 0.3) is 0 Å². The largest absolute Gasteiger partial charge is 0.370 e. The van der Waals surface area contributed by atoms with Crippen LogP contribution in [0.15, 0.2) is 18.2 Å². The minimum atomic E-state index is -0.752. The molecular weight excluding hydrogens is 307 g/mol. The van der Waals surface area contributed by atoms with E-state index < -0.39 is 11.2 Å². The topological polar surface area (TPSA) is 35.5 Å². The van der Waals surface area contributed by atoms with Crippen molar-refractivity contribution >= 4 is 17.4 Å². The standard InChI is InChI=1S/C17H20ClFO3/c1-10(2)17-8-15(16(3,22-17)7-14(17)20)21-9-11-12(18)5-4-6-13(11)19/h4-6,10,15H,7-9H2,1-3H3/t15-,16+,17-/m1/s1. The van der Waals surface area contributed by atoms with Gasteiger partial charge in [-0.2, -0.15) is 0 Å².